The van der Waals surface area contributed by atoms with Crippen LogP contribution in [0, 0.1) is 17.0 Å². The van der Waals surface area contributed by atoms with Crippen LogP contribution in [0.3, 0.4) is 0 Å². The van der Waals surface area contributed by atoms with Gasteiger partial charge in [0.05, 0.1) is 11.5 Å². The summed E-state index contributed by atoms with van der Waals surface area (Å²) in [5.41, 5.74) is 0.717. The lowest BCUT2D eigenvalue weighted by Crippen LogP contribution is -2.40. The highest BCUT2D eigenvalue weighted by Crippen LogP contribution is 2.28. The molecule has 22 heavy (non-hydrogen) atoms. The summed E-state index contributed by atoms with van der Waals surface area (Å²) in [5.74, 6) is 0. The zero-order valence-corrected chi connectivity index (χ0v) is 11.8. The Kier molecular flexibility index (Phi) is 4.94. The van der Waals surface area contributed by atoms with E-state index in [-0.39, 0.29) is 5.69 Å². The third-order valence-corrected chi connectivity index (χ3v) is 3.58. The Hall–Kier alpha value is -1.78. The third-order valence-electron chi connectivity index (χ3n) is 3.58. The fourth-order valence-electron chi connectivity index (χ4n) is 2.31. The van der Waals surface area contributed by atoms with Crippen LogP contribution in [0.5, 0.6) is 0 Å². The first kappa shape index (κ1) is 16.6. The van der Waals surface area contributed by atoms with Crippen LogP contribution >= 0.6 is 0 Å². The molecule has 5 atom stereocenters. The number of aliphatic hydroxyl groups is 4. The van der Waals surface area contributed by atoms with Crippen molar-refractivity contribution < 1.29 is 30.1 Å². The van der Waals surface area contributed by atoms with E-state index in [1.54, 1.807) is 13.0 Å². The number of rotatable bonds is 5. The largest absolute Gasteiger partial charge is 0.394 e. The van der Waals surface area contributed by atoms with Crippen LogP contribution in [0.4, 0.5) is 11.4 Å². The minimum Gasteiger partial charge on any atom is -0.394 e. The average molecular weight is 314 g/mol. The maximum absolute atomic E-state index is 10.9. The number of nitrogens with zero attached hydrogens (tertiary/aromatic N) is 1. The second-order valence-electron chi connectivity index (χ2n) is 5.16. The molecule has 0 aromatic heterocycles. The first-order valence-corrected chi connectivity index (χ1v) is 6.67. The number of nitro benzene ring substituents is 1. The predicted octanol–water partition coefficient (Wildman–Crippen LogP) is -0.885. The third kappa shape index (κ3) is 3.18. The lowest BCUT2D eigenvalue weighted by molar-refractivity contribution is -0.385. The monoisotopic (exact) mass is 314 g/mol. The van der Waals surface area contributed by atoms with Gasteiger partial charge in [-0.25, -0.2) is 0 Å². The average Bonchev–Trinajstić information content (AvgIpc) is 2.76. The summed E-state index contributed by atoms with van der Waals surface area (Å²) >= 11 is 0. The lowest BCUT2D eigenvalue weighted by atomic mass is 10.1. The quantitative estimate of drug-likeness (QED) is 0.348. The topological polar surface area (TPSA) is 145 Å². The molecule has 5 N–H and O–H groups in total. The fourth-order valence-corrected chi connectivity index (χ4v) is 2.31. The van der Waals surface area contributed by atoms with E-state index in [1.165, 1.54) is 12.1 Å². The van der Waals surface area contributed by atoms with Gasteiger partial charge >= 0.3 is 0 Å². The molecule has 9 nitrogen and oxygen atoms in total. The molecule has 0 amide bonds. The Morgan fingerprint density at radius 3 is 2.68 bits per heavy atom. The normalized spacial score (nSPS) is 29.3. The smallest absolute Gasteiger partial charge is 0.274 e. The number of ether oxygens (including phenoxy) is 1. The number of aryl methyl sites for hydroxylation is 1. The Bertz CT molecular complexity index is 553. The van der Waals surface area contributed by atoms with E-state index >= 15 is 0 Å². The highest BCUT2D eigenvalue weighted by atomic mass is 16.6. The zero-order valence-electron chi connectivity index (χ0n) is 11.8. The van der Waals surface area contributed by atoms with Crippen LogP contribution in [-0.2, 0) is 4.74 Å². The molecule has 1 aliphatic heterocycles. The van der Waals surface area contributed by atoms with Crippen LogP contribution in [0.25, 0.3) is 0 Å². The molecule has 0 saturated carbocycles. The maximum atomic E-state index is 10.9. The molecular weight excluding hydrogens is 296 g/mol. The molecule has 0 radical (unpaired) electrons. The molecule has 0 unspecified atom stereocenters. The number of hydrogen-bond acceptors (Lipinski definition) is 8. The van der Waals surface area contributed by atoms with Gasteiger partial charge in [0.1, 0.15) is 24.4 Å². The summed E-state index contributed by atoms with van der Waals surface area (Å²) in [4.78, 5) is 10.4. The van der Waals surface area contributed by atoms with Crippen molar-refractivity contribution in [2.75, 3.05) is 11.9 Å². The van der Waals surface area contributed by atoms with Crippen LogP contribution in [0.2, 0.25) is 0 Å². The van der Waals surface area contributed by atoms with E-state index in [1.807, 2.05) is 0 Å². The van der Waals surface area contributed by atoms with Gasteiger partial charge in [-0.05, 0) is 13.0 Å². The van der Waals surface area contributed by atoms with E-state index in [0.29, 0.717) is 11.3 Å². The van der Waals surface area contributed by atoms with Gasteiger partial charge in [0, 0.05) is 17.3 Å². The summed E-state index contributed by atoms with van der Waals surface area (Å²) in [6.45, 7) is 0.970. The van der Waals surface area contributed by atoms with Gasteiger partial charge in [-0.2, -0.15) is 0 Å². The van der Waals surface area contributed by atoms with Crippen LogP contribution in [-0.4, -0.2) is 62.6 Å². The van der Waals surface area contributed by atoms with Crippen molar-refractivity contribution in [3.05, 3.63) is 33.9 Å². The molecule has 9 heteroatoms. The van der Waals surface area contributed by atoms with Crippen LogP contribution < -0.4 is 5.32 Å². The minimum absolute atomic E-state index is 0.0926. The van der Waals surface area contributed by atoms with Gasteiger partial charge in [0.2, 0.25) is 0 Å². The number of hydrogen-bond donors (Lipinski definition) is 5. The zero-order chi connectivity index (χ0) is 16.4. The molecule has 0 aliphatic carbocycles. The van der Waals surface area contributed by atoms with Gasteiger partial charge < -0.3 is 30.5 Å². The molecule has 1 fully saturated rings. The van der Waals surface area contributed by atoms with E-state index < -0.39 is 42.2 Å². The molecule has 2 rings (SSSR count). The molecular formula is C13H18N2O7. The molecule has 0 bridgehead atoms. The first-order valence-electron chi connectivity index (χ1n) is 6.67. The second-order valence-corrected chi connectivity index (χ2v) is 5.16. The number of aliphatic hydroxyl groups excluding tert-OH is 4. The standard InChI is InChI=1S/C13H18N2O7/c1-6-2-3-7(4-8(6)15(20)21)14-13-11(19)10(18)12(22-13)9(17)5-16/h2-4,9-14,16-19H,5H2,1H3/t9-,10-,11+,12-,13-/m1/s1. The fraction of sp³-hybridized carbons (Fsp3) is 0.538. The van der Waals surface area contributed by atoms with Crippen LogP contribution in [0.15, 0.2) is 18.2 Å². The van der Waals surface area contributed by atoms with Crippen molar-refractivity contribution in [3.8, 4) is 0 Å². The highest BCUT2D eigenvalue weighted by Gasteiger charge is 2.45. The highest BCUT2D eigenvalue weighted by molar-refractivity contribution is 5.55. The molecule has 122 valence electrons. The molecule has 1 aromatic carbocycles. The molecule has 0 spiro atoms. The van der Waals surface area contributed by atoms with Gasteiger partial charge in [0.15, 0.2) is 6.23 Å². The second kappa shape index (κ2) is 6.55. The lowest BCUT2D eigenvalue weighted by Gasteiger charge is -2.19. The summed E-state index contributed by atoms with van der Waals surface area (Å²) in [6, 6.07) is 4.40. The molecule has 1 heterocycles. The van der Waals surface area contributed by atoms with Gasteiger partial charge in [-0.1, -0.05) is 6.07 Å². The molecule has 1 aliphatic rings. The van der Waals surface area contributed by atoms with Crippen molar-refractivity contribution in [1.82, 2.24) is 0 Å². The number of nitro groups is 1. The van der Waals surface area contributed by atoms with Gasteiger partial charge in [-0.15, -0.1) is 0 Å². The van der Waals surface area contributed by atoms with Crippen molar-refractivity contribution >= 4 is 11.4 Å². The predicted molar refractivity (Wildman–Crippen MR) is 75.2 cm³/mol. The summed E-state index contributed by atoms with van der Waals surface area (Å²) in [7, 11) is 0. The minimum atomic E-state index is -1.39. The summed E-state index contributed by atoms with van der Waals surface area (Å²) < 4.78 is 5.28. The molecule has 1 aromatic rings. The number of benzene rings is 1. The number of nitrogens with one attached hydrogen (secondary N) is 1. The van der Waals surface area contributed by atoms with E-state index in [0.717, 1.165) is 0 Å². The molecule has 1 saturated heterocycles. The van der Waals surface area contributed by atoms with Crippen molar-refractivity contribution in [2.45, 2.75) is 37.6 Å². The van der Waals surface area contributed by atoms with E-state index in [4.69, 9.17) is 9.84 Å². The Labute approximate surface area is 125 Å². The SMILES string of the molecule is Cc1ccc(N[C@@H]2O[C@H]([C@H](O)CO)[C@H](O)[C@@H]2O)cc1[N+](=O)[O-]. The summed E-state index contributed by atoms with van der Waals surface area (Å²) in [5, 5.41) is 51.7. The van der Waals surface area contributed by atoms with Gasteiger partial charge in [-0.3, -0.25) is 10.1 Å². The maximum Gasteiger partial charge on any atom is 0.274 e. The number of anilines is 1. The van der Waals surface area contributed by atoms with Gasteiger partial charge in [0.25, 0.3) is 5.69 Å². The van der Waals surface area contributed by atoms with E-state index in [9.17, 15) is 25.4 Å². The van der Waals surface area contributed by atoms with Crippen molar-refractivity contribution in [1.29, 1.82) is 0 Å². The van der Waals surface area contributed by atoms with Crippen molar-refractivity contribution in [2.24, 2.45) is 0 Å². The Morgan fingerprint density at radius 1 is 1.41 bits per heavy atom. The first-order chi connectivity index (χ1) is 10.3. The van der Waals surface area contributed by atoms with Crippen molar-refractivity contribution in [3.63, 3.8) is 0 Å². The summed E-state index contributed by atoms with van der Waals surface area (Å²) in [6.07, 6.45) is -6.31. The Morgan fingerprint density at radius 2 is 2.09 bits per heavy atom. The van der Waals surface area contributed by atoms with Crippen LogP contribution in [0.1, 0.15) is 5.56 Å². The Balaban J connectivity index is 2.14. The van der Waals surface area contributed by atoms with E-state index in [2.05, 4.69) is 5.32 Å².